The number of rotatable bonds is 4. The molecule has 1 saturated heterocycles. The van der Waals surface area contributed by atoms with Crippen molar-refractivity contribution in [3.63, 3.8) is 0 Å². The van der Waals surface area contributed by atoms with Gasteiger partial charge in [-0.1, -0.05) is 54.5 Å². The lowest BCUT2D eigenvalue weighted by Crippen LogP contribution is -2.44. The van der Waals surface area contributed by atoms with Gasteiger partial charge in [0.1, 0.15) is 11.0 Å². The molecule has 3 aromatic carbocycles. The highest BCUT2D eigenvalue weighted by Crippen LogP contribution is 2.29. The van der Waals surface area contributed by atoms with E-state index in [1.165, 1.54) is 10.8 Å². The van der Waals surface area contributed by atoms with Gasteiger partial charge in [0.05, 0.1) is 19.3 Å². The minimum absolute atomic E-state index is 0.0974. The van der Waals surface area contributed by atoms with Crippen molar-refractivity contribution in [2.24, 2.45) is 5.73 Å². The summed E-state index contributed by atoms with van der Waals surface area (Å²) in [6, 6.07) is 18.9. The third-order valence-corrected chi connectivity index (χ3v) is 7.06. The van der Waals surface area contributed by atoms with E-state index in [9.17, 15) is 4.79 Å². The van der Waals surface area contributed by atoms with Crippen LogP contribution >= 0.6 is 0 Å². The summed E-state index contributed by atoms with van der Waals surface area (Å²) in [5.41, 5.74) is 8.26. The Balaban J connectivity index is 1.49. The minimum atomic E-state index is -0.164. The van der Waals surface area contributed by atoms with Crippen LogP contribution in [0.4, 0.5) is 5.95 Å². The highest BCUT2D eigenvalue weighted by Gasteiger charge is 2.24. The van der Waals surface area contributed by atoms with Crippen molar-refractivity contribution in [3.05, 3.63) is 76.7 Å². The van der Waals surface area contributed by atoms with E-state index < -0.39 is 0 Å². The minimum Gasteiger partial charge on any atom is -0.341 e. The van der Waals surface area contributed by atoms with Gasteiger partial charge < -0.3 is 10.6 Å². The highest BCUT2D eigenvalue weighted by atomic mass is 16.1. The Kier molecular flexibility index (Phi) is 5.67. The van der Waals surface area contributed by atoms with Gasteiger partial charge in [-0.3, -0.25) is 9.36 Å². The summed E-state index contributed by atoms with van der Waals surface area (Å²) in [7, 11) is 0. The number of hydrogen-bond donors (Lipinski definition) is 1. The molecule has 0 amide bonds. The molecule has 1 fully saturated rings. The van der Waals surface area contributed by atoms with Gasteiger partial charge in [-0.15, -0.1) is 5.92 Å². The van der Waals surface area contributed by atoms with Crippen molar-refractivity contribution in [1.29, 1.82) is 0 Å². The van der Waals surface area contributed by atoms with E-state index in [1.54, 1.807) is 17.8 Å². The topological polar surface area (TPSA) is 82.0 Å². The summed E-state index contributed by atoms with van der Waals surface area (Å²) < 4.78 is 3.48. The molecule has 7 heteroatoms. The molecule has 5 aromatic rings. The summed E-state index contributed by atoms with van der Waals surface area (Å²) >= 11 is 0. The van der Waals surface area contributed by atoms with Crippen LogP contribution in [0.5, 0.6) is 0 Å². The normalized spacial score (nSPS) is 15.9. The van der Waals surface area contributed by atoms with Crippen molar-refractivity contribution in [2.45, 2.75) is 38.9 Å². The fraction of sp³-hybridized carbons (Fsp3) is 0.276. The number of piperidine rings is 1. The Labute approximate surface area is 209 Å². The van der Waals surface area contributed by atoms with E-state index in [2.05, 4.69) is 64.3 Å². The van der Waals surface area contributed by atoms with Crippen molar-refractivity contribution >= 4 is 38.5 Å². The fourth-order valence-electron chi connectivity index (χ4n) is 5.35. The molecular weight excluding hydrogens is 448 g/mol. The van der Waals surface area contributed by atoms with Crippen LogP contribution < -0.4 is 16.2 Å². The molecule has 0 saturated carbocycles. The van der Waals surface area contributed by atoms with Crippen LogP contribution in [0.1, 0.15) is 25.3 Å². The molecular formula is C29H28N6O. The van der Waals surface area contributed by atoms with E-state index in [4.69, 9.17) is 10.7 Å². The van der Waals surface area contributed by atoms with Crippen LogP contribution in [0.15, 0.2) is 65.6 Å². The molecule has 1 atom stereocenters. The third kappa shape index (κ3) is 3.80. The first-order chi connectivity index (χ1) is 17.6. The van der Waals surface area contributed by atoms with Gasteiger partial charge in [-0.05, 0) is 52.9 Å². The summed E-state index contributed by atoms with van der Waals surface area (Å²) in [5.74, 6) is 6.82. The van der Waals surface area contributed by atoms with Gasteiger partial charge in [0, 0.05) is 19.1 Å². The van der Waals surface area contributed by atoms with E-state index in [1.807, 2.05) is 16.7 Å². The molecule has 2 N–H and O–H groups in total. The van der Waals surface area contributed by atoms with E-state index in [0.717, 1.165) is 41.7 Å². The number of hydrogen-bond acceptors (Lipinski definition) is 5. The molecule has 0 radical (unpaired) electrons. The molecule has 1 aliphatic rings. The van der Waals surface area contributed by atoms with E-state index in [0.29, 0.717) is 30.7 Å². The van der Waals surface area contributed by atoms with Crippen molar-refractivity contribution < 1.29 is 0 Å². The zero-order valence-electron chi connectivity index (χ0n) is 20.3. The predicted molar refractivity (Wildman–Crippen MR) is 145 cm³/mol. The van der Waals surface area contributed by atoms with Crippen LogP contribution in [0.25, 0.3) is 32.6 Å². The van der Waals surface area contributed by atoms with Gasteiger partial charge in [0.25, 0.3) is 5.56 Å². The monoisotopic (exact) mass is 476 g/mol. The average Bonchev–Trinajstić information content (AvgIpc) is 3.28. The van der Waals surface area contributed by atoms with Crippen LogP contribution in [-0.2, 0) is 13.1 Å². The van der Waals surface area contributed by atoms with E-state index in [-0.39, 0.29) is 11.6 Å². The first-order valence-electron chi connectivity index (χ1n) is 12.4. The van der Waals surface area contributed by atoms with Gasteiger partial charge in [0.2, 0.25) is 5.95 Å². The lowest BCUT2D eigenvalue weighted by Gasteiger charge is -2.31. The summed E-state index contributed by atoms with van der Waals surface area (Å²) in [4.78, 5) is 20.8. The lowest BCUT2D eigenvalue weighted by molar-refractivity contribution is 0.496. The number of aromatic nitrogens is 4. The molecule has 1 unspecified atom stereocenters. The quantitative estimate of drug-likeness (QED) is 0.314. The maximum absolute atomic E-state index is 13.8. The maximum atomic E-state index is 13.8. The highest BCUT2D eigenvalue weighted by molar-refractivity contribution is 6.08. The molecule has 2 aromatic heterocycles. The first-order valence-corrected chi connectivity index (χ1v) is 12.4. The second-order valence-electron chi connectivity index (χ2n) is 9.42. The second-order valence-corrected chi connectivity index (χ2v) is 9.42. The number of nitrogens with zero attached hydrogens (tertiary/aromatic N) is 5. The predicted octanol–water partition coefficient (Wildman–Crippen LogP) is 3.90. The van der Waals surface area contributed by atoms with Crippen LogP contribution in [0.2, 0.25) is 0 Å². The van der Waals surface area contributed by atoms with Crippen molar-refractivity contribution in [1.82, 2.24) is 19.3 Å². The molecule has 36 heavy (non-hydrogen) atoms. The van der Waals surface area contributed by atoms with Gasteiger partial charge in [-0.25, -0.2) is 9.67 Å². The SMILES string of the molecule is CC#CCn1c(N2CCCC(N)C2)nc2cnn(Cc3cc4ccccc4c4ccccc34)c(=O)c21. The molecule has 0 aliphatic carbocycles. The average molecular weight is 477 g/mol. The molecule has 0 bridgehead atoms. The smallest absolute Gasteiger partial charge is 0.293 e. The molecule has 0 spiro atoms. The van der Waals surface area contributed by atoms with Gasteiger partial charge in [0.15, 0.2) is 0 Å². The number of imidazole rings is 1. The standard InChI is InChI=1S/C29H28N6O/c1-2-3-15-34-27-26(32-29(34)33-14-8-10-22(30)19-33)17-31-35(28(27)36)18-21-16-20-9-4-5-11-23(20)25-13-7-6-12-24(21)25/h4-7,9,11-13,16-17,22H,8,10,14-15,18-19,30H2,1H3. The number of fused-ring (bicyclic) bond motifs is 4. The van der Waals surface area contributed by atoms with Crippen molar-refractivity contribution in [3.8, 4) is 11.8 Å². The van der Waals surface area contributed by atoms with Crippen LogP contribution in [-0.4, -0.2) is 38.5 Å². The fourth-order valence-corrected chi connectivity index (χ4v) is 5.35. The van der Waals surface area contributed by atoms with Crippen LogP contribution in [0, 0.1) is 11.8 Å². The summed E-state index contributed by atoms with van der Waals surface area (Å²) in [5, 5.41) is 9.18. The van der Waals surface area contributed by atoms with E-state index >= 15 is 0 Å². The second kappa shape index (κ2) is 9.14. The van der Waals surface area contributed by atoms with Crippen molar-refractivity contribution in [2.75, 3.05) is 18.0 Å². The Morgan fingerprint density at radius 1 is 1.08 bits per heavy atom. The molecule has 180 valence electrons. The zero-order chi connectivity index (χ0) is 24.6. The number of benzene rings is 3. The number of anilines is 1. The Bertz CT molecular complexity index is 1720. The Morgan fingerprint density at radius 3 is 2.67 bits per heavy atom. The maximum Gasteiger partial charge on any atom is 0.293 e. The van der Waals surface area contributed by atoms with Gasteiger partial charge >= 0.3 is 0 Å². The van der Waals surface area contributed by atoms with Crippen LogP contribution in [0.3, 0.4) is 0 Å². The Hall–Kier alpha value is -4.15. The molecule has 3 heterocycles. The molecule has 7 nitrogen and oxygen atoms in total. The molecule has 1 aliphatic heterocycles. The third-order valence-electron chi connectivity index (χ3n) is 7.06. The summed E-state index contributed by atoms with van der Waals surface area (Å²) in [6.07, 6.45) is 3.70. The van der Waals surface area contributed by atoms with Gasteiger partial charge in [-0.2, -0.15) is 5.10 Å². The zero-order valence-corrected chi connectivity index (χ0v) is 20.3. The lowest BCUT2D eigenvalue weighted by atomic mass is 9.97. The Morgan fingerprint density at radius 2 is 1.86 bits per heavy atom. The summed E-state index contributed by atoms with van der Waals surface area (Å²) in [6.45, 7) is 4.15. The largest absolute Gasteiger partial charge is 0.341 e. The molecule has 6 rings (SSSR count). The first kappa shape index (κ1) is 22.3. The number of nitrogens with two attached hydrogens (primary N) is 1.